The van der Waals surface area contributed by atoms with Crippen molar-refractivity contribution >= 4 is 29.9 Å². The molecule has 2 rings (SSSR count). The minimum atomic E-state index is 0. The third-order valence-corrected chi connectivity index (χ3v) is 3.75. The Hall–Kier alpha value is -1.83. The molecule has 2 aromatic rings. The molecule has 2 N–H and O–H groups in total. The lowest BCUT2D eigenvalue weighted by Crippen LogP contribution is -2.38. The molecule has 1 aromatic heterocycles. The standard InChI is InChI=1S/C20H28N4O.HI/c1-4-13-25-19-14-16(2)8-9-17(19)15-24-20(21-3)23-12-10-18-7-5-6-11-22-18;/h5-9,11,14H,4,10,12-13,15H2,1-3H3,(H2,21,23,24);1H. The summed E-state index contributed by atoms with van der Waals surface area (Å²) in [6.45, 7) is 6.37. The van der Waals surface area contributed by atoms with Crippen molar-refractivity contribution in [1.82, 2.24) is 15.6 Å². The number of ether oxygens (including phenoxy) is 1. The minimum Gasteiger partial charge on any atom is -0.493 e. The molecule has 0 aliphatic carbocycles. The predicted molar refractivity (Wildman–Crippen MR) is 119 cm³/mol. The number of halogens is 1. The first-order valence-corrected chi connectivity index (χ1v) is 8.79. The van der Waals surface area contributed by atoms with E-state index in [9.17, 15) is 0 Å². The lowest BCUT2D eigenvalue weighted by atomic mass is 10.1. The van der Waals surface area contributed by atoms with Crippen LogP contribution in [0.1, 0.15) is 30.2 Å². The van der Waals surface area contributed by atoms with Crippen molar-refractivity contribution in [2.45, 2.75) is 33.2 Å². The summed E-state index contributed by atoms with van der Waals surface area (Å²) in [4.78, 5) is 8.60. The Balaban J connectivity index is 0.00000338. The number of rotatable bonds is 8. The van der Waals surface area contributed by atoms with Gasteiger partial charge in [-0.2, -0.15) is 0 Å². The first kappa shape index (κ1) is 22.2. The zero-order valence-corrected chi connectivity index (χ0v) is 18.1. The Kier molecular flexibility index (Phi) is 10.7. The number of nitrogens with one attached hydrogen (secondary N) is 2. The van der Waals surface area contributed by atoms with Crippen LogP contribution in [0.5, 0.6) is 5.75 Å². The first-order valence-electron chi connectivity index (χ1n) is 8.79. The quantitative estimate of drug-likeness (QED) is 0.353. The van der Waals surface area contributed by atoms with E-state index in [0.717, 1.165) is 49.0 Å². The van der Waals surface area contributed by atoms with Crippen LogP contribution < -0.4 is 15.4 Å². The smallest absolute Gasteiger partial charge is 0.191 e. The average Bonchev–Trinajstić information content (AvgIpc) is 2.64. The maximum atomic E-state index is 5.86. The van der Waals surface area contributed by atoms with Crippen molar-refractivity contribution in [2.75, 3.05) is 20.2 Å². The van der Waals surface area contributed by atoms with Gasteiger partial charge in [-0.1, -0.05) is 25.1 Å². The number of nitrogens with zero attached hydrogens (tertiary/aromatic N) is 2. The Morgan fingerprint density at radius 3 is 2.73 bits per heavy atom. The van der Waals surface area contributed by atoms with Crippen LogP contribution in [-0.2, 0) is 13.0 Å². The molecule has 0 amide bonds. The molecule has 26 heavy (non-hydrogen) atoms. The highest BCUT2D eigenvalue weighted by Crippen LogP contribution is 2.20. The number of pyridine rings is 1. The molecule has 0 radical (unpaired) electrons. The summed E-state index contributed by atoms with van der Waals surface area (Å²) in [5.41, 5.74) is 3.40. The van der Waals surface area contributed by atoms with Gasteiger partial charge in [0.15, 0.2) is 5.96 Å². The van der Waals surface area contributed by atoms with Crippen molar-refractivity contribution in [3.63, 3.8) is 0 Å². The Morgan fingerprint density at radius 2 is 2.04 bits per heavy atom. The van der Waals surface area contributed by atoms with E-state index in [1.54, 1.807) is 7.05 Å². The number of aliphatic imine (C=N–C) groups is 1. The highest BCUT2D eigenvalue weighted by Gasteiger charge is 2.06. The SMILES string of the molecule is CCCOc1cc(C)ccc1CNC(=NC)NCCc1ccccn1.I. The topological polar surface area (TPSA) is 58.5 Å². The zero-order chi connectivity index (χ0) is 17.9. The Labute approximate surface area is 173 Å². The number of aryl methyl sites for hydroxylation is 1. The molecule has 5 nitrogen and oxygen atoms in total. The van der Waals surface area contributed by atoms with Gasteiger partial charge in [0.2, 0.25) is 0 Å². The van der Waals surface area contributed by atoms with E-state index >= 15 is 0 Å². The average molecular weight is 468 g/mol. The predicted octanol–water partition coefficient (Wildman–Crippen LogP) is 3.70. The Bertz CT molecular complexity index is 677. The van der Waals surface area contributed by atoms with Crippen LogP contribution in [0.25, 0.3) is 0 Å². The number of guanidine groups is 1. The van der Waals surface area contributed by atoms with Crippen LogP contribution in [0.15, 0.2) is 47.6 Å². The van der Waals surface area contributed by atoms with Gasteiger partial charge in [-0.25, -0.2) is 0 Å². The summed E-state index contributed by atoms with van der Waals surface area (Å²) in [5.74, 6) is 1.72. The summed E-state index contributed by atoms with van der Waals surface area (Å²) < 4.78 is 5.86. The molecule has 1 aromatic carbocycles. The fourth-order valence-electron chi connectivity index (χ4n) is 2.41. The lowest BCUT2D eigenvalue weighted by Gasteiger charge is -2.15. The van der Waals surface area contributed by atoms with E-state index in [-0.39, 0.29) is 24.0 Å². The molecule has 0 bridgehead atoms. The van der Waals surface area contributed by atoms with E-state index in [4.69, 9.17) is 4.74 Å². The van der Waals surface area contributed by atoms with Gasteiger partial charge in [0, 0.05) is 44.0 Å². The van der Waals surface area contributed by atoms with E-state index < -0.39 is 0 Å². The summed E-state index contributed by atoms with van der Waals surface area (Å²) in [7, 11) is 1.78. The van der Waals surface area contributed by atoms with Gasteiger partial charge in [0.05, 0.1) is 6.61 Å². The van der Waals surface area contributed by atoms with Crippen molar-refractivity contribution in [3.8, 4) is 5.75 Å². The molecule has 0 fully saturated rings. The van der Waals surface area contributed by atoms with Crippen LogP contribution >= 0.6 is 24.0 Å². The second kappa shape index (κ2) is 12.5. The molecule has 0 unspecified atom stereocenters. The maximum Gasteiger partial charge on any atom is 0.191 e. The highest BCUT2D eigenvalue weighted by atomic mass is 127. The van der Waals surface area contributed by atoms with Gasteiger partial charge in [-0.05, 0) is 37.1 Å². The second-order valence-electron chi connectivity index (χ2n) is 5.88. The van der Waals surface area contributed by atoms with Crippen LogP contribution in [0.2, 0.25) is 0 Å². The van der Waals surface area contributed by atoms with E-state index in [0.29, 0.717) is 6.54 Å². The summed E-state index contributed by atoms with van der Waals surface area (Å²) in [5, 5.41) is 6.67. The van der Waals surface area contributed by atoms with Crippen LogP contribution in [0.4, 0.5) is 0 Å². The molecule has 0 saturated carbocycles. The van der Waals surface area contributed by atoms with Crippen LogP contribution in [0, 0.1) is 6.92 Å². The fourth-order valence-corrected chi connectivity index (χ4v) is 2.41. The van der Waals surface area contributed by atoms with E-state index in [1.807, 2.05) is 24.4 Å². The zero-order valence-electron chi connectivity index (χ0n) is 15.8. The molecular formula is C20H29IN4O. The Morgan fingerprint density at radius 1 is 1.19 bits per heavy atom. The molecule has 6 heteroatoms. The number of hydrogen-bond donors (Lipinski definition) is 2. The van der Waals surface area contributed by atoms with Crippen molar-refractivity contribution in [3.05, 3.63) is 59.4 Å². The molecule has 1 heterocycles. The number of aromatic nitrogens is 1. The third kappa shape index (κ3) is 7.59. The molecule has 0 saturated heterocycles. The maximum absolute atomic E-state index is 5.86. The van der Waals surface area contributed by atoms with Crippen molar-refractivity contribution in [1.29, 1.82) is 0 Å². The lowest BCUT2D eigenvalue weighted by molar-refractivity contribution is 0.313. The van der Waals surface area contributed by atoms with Gasteiger partial charge in [-0.15, -0.1) is 24.0 Å². The first-order chi connectivity index (χ1) is 12.2. The minimum absolute atomic E-state index is 0. The number of hydrogen-bond acceptors (Lipinski definition) is 3. The number of benzene rings is 1. The summed E-state index contributed by atoms with van der Waals surface area (Å²) >= 11 is 0. The summed E-state index contributed by atoms with van der Waals surface area (Å²) in [6.07, 6.45) is 3.67. The van der Waals surface area contributed by atoms with E-state index in [2.05, 4.69) is 52.7 Å². The highest BCUT2D eigenvalue weighted by molar-refractivity contribution is 14.0. The fraction of sp³-hybridized carbons (Fsp3) is 0.400. The van der Waals surface area contributed by atoms with E-state index in [1.165, 1.54) is 5.56 Å². The largest absolute Gasteiger partial charge is 0.493 e. The van der Waals surface area contributed by atoms with Gasteiger partial charge < -0.3 is 15.4 Å². The van der Waals surface area contributed by atoms with Crippen LogP contribution in [0.3, 0.4) is 0 Å². The molecule has 0 atom stereocenters. The normalized spacial score (nSPS) is 10.8. The van der Waals surface area contributed by atoms with Gasteiger partial charge in [-0.3, -0.25) is 9.98 Å². The molecule has 142 valence electrons. The molecule has 0 spiro atoms. The second-order valence-corrected chi connectivity index (χ2v) is 5.88. The monoisotopic (exact) mass is 468 g/mol. The van der Waals surface area contributed by atoms with Gasteiger partial charge >= 0.3 is 0 Å². The third-order valence-electron chi connectivity index (χ3n) is 3.75. The van der Waals surface area contributed by atoms with Crippen molar-refractivity contribution in [2.24, 2.45) is 4.99 Å². The van der Waals surface area contributed by atoms with Crippen molar-refractivity contribution < 1.29 is 4.74 Å². The molecular weight excluding hydrogens is 439 g/mol. The van der Waals surface area contributed by atoms with Crippen LogP contribution in [-0.4, -0.2) is 31.1 Å². The summed E-state index contributed by atoms with van der Waals surface area (Å²) in [6, 6.07) is 12.3. The van der Waals surface area contributed by atoms with Gasteiger partial charge in [0.25, 0.3) is 0 Å². The van der Waals surface area contributed by atoms with Gasteiger partial charge in [0.1, 0.15) is 5.75 Å². The molecule has 0 aliphatic heterocycles. The molecule has 0 aliphatic rings.